The van der Waals surface area contributed by atoms with Crippen molar-refractivity contribution in [1.82, 2.24) is 0 Å². The van der Waals surface area contributed by atoms with Gasteiger partial charge in [0.05, 0.1) is 0 Å². The van der Waals surface area contributed by atoms with Crippen LogP contribution in [0.15, 0.2) is 0 Å². The summed E-state index contributed by atoms with van der Waals surface area (Å²) >= 11 is 0. The Kier molecular flexibility index (Phi) is 1.84. The Hall–Kier alpha value is -0.570. The van der Waals surface area contributed by atoms with Crippen molar-refractivity contribution in [2.75, 3.05) is 0 Å². The summed E-state index contributed by atoms with van der Waals surface area (Å²) in [7, 11) is 0. The summed E-state index contributed by atoms with van der Waals surface area (Å²) in [6, 6.07) is 0. The molecule has 0 aromatic heterocycles. The SMILES string of the molecule is O=C(OC1CCCC1)C1OC12CCC2. The Balaban J connectivity index is 1.51. The summed E-state index contributed by atoms with van der Waals surface area (Å²) in [6.45, 7) is 0. The molecule has 1 heterocycles. The van der Waals surface area contributed by atoms with Crippen LogP contribution in [0, 0.1) is 0 Å². The van der Waals surface area contributed by atoms with Crippen molar-refractivity contribution in [1.29, 1.82) is 0 Å². The van der Waals surface area contributed by atoms with Gasteiger partial charge in [-0.15, -0.1) is 0 Å². The monoisotopic (exact) mass is 196 g/mol. The van der Waals surface area contributed by atoms with Gasteiger partial charge in [0, 0.05) is 0 Å². The van der Waals surface area contributed by atoms with E-state index in [1.54, 1.807) is 0 Å². The number of carbonyl (C=O) groups is 1. The molecule has 2 aliphatic carbocycles. The Morgan fingerprint density at radius 1 is 1.21 bits per heavy atom. The van der Waals surface area contributed by atoms with E-state index in [0.29, 0.717) is 0 Å². The van der Waals surface area contributed by atoms with Gasteiger partial charge in [0.15, 0.2) is 6.10 Å². The number of hydrogen-bond donors (Lipinski definition) is 0. The Morgan fingerprint density at radius 3 is 2.43 bits per heavy atom. The molecule has 1 aliphatic heterocycles. The van der Waals surface area contributed by atoms with Crippen molar-refractivity contribution >= 4 is 5.97 Å². The number of rotatable bonds is 2. The van der Waals surface area contributed by atoms with Crippen LogP contribution in [-0.2, 0) is 14.3 Å². The molecule has 3 heteroatoms. The zero-order valence-electron chi connectivity index (χ0n) is 8.33. The molecular formula is C11H16O3. The third-order valence-electron chi connectivity index (χ3n) is 3.77. The lowest BCUT2D eigenvalue weighted by Crippen LogP contribution is -2.30. The largest absolute Gasteiger partial charge is 0.460 e. The first-order valence-electron chi connectivity index (χ1n) is 5.68. The zero-order valence-corrected chi connectivity index (χ0v) is 8.33. The molecular weight excluding hydrogens is 180 g/mol. The summed E-state index contributed by atoms with van der Waals surface area (Å²) in [4.78, 5) is 11.6. The molecule has 3 aliphatic rings. The van der Waals surface area contributed by atoms with Crippen molar-refractivity contribution in [2.45, 2.75) is 62.8 Å². The number of carbonyl (C=O) groups excluding carboxylic acids is 1. The molecule has 2 saturated carbocycles. The van der Waals surface area contributed by atoms with Crippen LogP contribution < -0.4 is 0 Å². The maximum absolute atomic E-state index is 11.6. The van der Waals surface area contributed by atoms with Crippen LogP contribution in [0.5, 0.6) is 0 Å². The fourth-order valence-corrected chi connectivity index (χ4v) is 2.60. The second-order valence-corrected chi connectivity index (χ2v) is 4.76. The summed E-state index contributed by atoms with van der Waals surface area (Å²) < 4.78 is 10.8. The van der Waals surface area contributed by atoms with Gasteiger partial charge in [-0.3, -0.25) is 0 Å². The van der Waals surface area contributed by atoms with Crippen molar-refractivity contribution in [3.05, 3.63) is 0 Å². The smallest absolute Gasteiger partial charge is 0.338 e. The first-order chi connectivity index (χ1) is 6.80. The average molecular weight is 196 g/mol. The molecule has 3 nitrogen and oxygen atoms in total. The lowest BCUT2D eigenvalue weighted by Gasteiger charge is -2.21. The van der Waals surface area contributed by atoms with E-state index in [1.165, 1.54) is 19.3 Å². The third-order valence-corrected chi connectivity index (χ3v) is 3.77. The quantitative estimate of drug-likeness (QED) is 0.499. The molecule has 1 atom stereocenters. The summed E-state index contributed by atoms with van der Waals surface area (Å²) in [5, 5.41) is 0. The van der Waals surface area contributed by atoms with Gasteiger partial charge in [0.2, 0.25) is 0 Å². The molecule has 3 fully saturated rings. The van der Waals surface area contributed by atoms with Crippen LogP contribution in [0.2, 0.25) is 0 Å². The lowest BCUT2D eigenvalue weighted by atomic mass is 9.82. The average Bonchev–Trinajstić information content (AvgIpc) is 2.71. The van der Waals surface area contributed by atoms with Crippen molar-refractivity contribution in [2.24, 2.45) is 0 Å². The molecule has 1 unspecified atom stereocenters. The van der Waals surface area contributed by atoms with Gasteiger partial charge in [-0.1, -0.05) is 0 Å². The standard InChI is InChI=1S/C11H16O3/c12-10(13-8-4-1-2-5-8)9-11(14-9)6-3-7-11/h8-9H,1-7H2. The van der Waals surface area contributed by atoms with Gasteiger partial charge < -0.3 is 9.47 Å². The van der Waals surface area contributed by atoms with E-state index in [1.807, 2.05) is 0 Å². The third kappa shape index (κ3) is 1.26. The van der Waals surface area contributed by atoms with Gasteiger partial charge in [0.1, 0.15) is 11.7 Å². The minimum absolute atomic E-state index is 0.0598. The summed E-state index contributed by atoms with van der Waals surface area (Å²) in [5.41, 5.74) is -0.0598. The van der Waals surface area contributed by atoms with E-state index >= 15 is 0 Å². The highest BCUT2D eigenvalue weighted by molar-refractivity contribution is 5.79. The van der Waals surface area contributed by atoms with E-state index in [-0.39, 0.29) is 23.8 Å². The Morgan fingerprint density at radius 2 is 1.93 bits per heavy atom. The topological polar surface area (TPSA) is 38.8 Å². The summed E-state index contributed by atoms with van der Waals surface area (Å²) in [6.07, 6.45) is 7.78. The molecule has 0 amide bonds. The number of ether oxygens (including phenoxy) is 2. The van der Waals surface area contributed by atoms with E-state index in [0.717, 1.165) is 25.7 Å². The highest BCUT2D eigenvalue weighted by atomic mass is 16.7. The highest BCUT2D eigenvalue weighted by Gasteiger charge is 2.64. The predicted molar refractivity (Wildman–Crippen MR) is 49.8 cm³/mol. The molecule has 0 bridgehead atoms. The van der Waals surface area contributed by atoms with Crippen LogP contribution in [0.1, 0.15) is 44.9 Å². The molecule has 0 aromatic carbocycles. The maximum Gasteiger partial charge on any atom is 0.338 e. The minimum Gasteiger partial charge on any atom is -0.460 e. The second kappa shape index (κ2) is 2.96. The van der Waals surface area contributed by atoms with Crippen LogP contribution in [0.25, 0.3) is 0 Å². The second-order valence-electron chi connectivity index (χ2n) is 4.76. The molecule has 3 rings (SSSR count). The van der Waals surface area contributed by atoms with Crippen molar-refractivity contribution < 1.29 is 14.3 Å². The van der Waals surface area contributed by atoms with Crippen LogP contribution in [0.3, 0.4) is 0 Å². The fraction of sp³-hybridized carbons (Fsp3) is 0.909. The molecule has 1 spiro atoms. The van der Waals surface area contributed by atoms with E-state index in [9.17, 15) is 4.79 Å². The molecule has 14 heavy (non-hydrogen) atoms. The normalized spacial score (nSPS) is 34.1. The molecule has 1 saturated heterocycles. The van der Waals surface area contributed by atoms with Gasteiger partial charge >= 0.3 is 5.97 Å². The highest BCUT2D eigenvalue weighted by Crippen LogP contribution is 2.52. The minimum atomic E-state index is -0.211. The molecule has 78 valence electrons. The number of epoxide rings is 1. The van der Waals surface area contributed by atoms with Crippen LogP contribution >= 0.6 is 0 Å². The van der Waals surface area contributed by atoms with Crippen molar-refractivity contribution in [3.63, 3.8) is 0 Å². The van der Waals surface area contributed by atoms with E-state index < -0.39 is 0 Å². The number of esters is 1. The first-order valence-corrected chi connectivity index (χ1v) is 5.68. The van der Waals surface area contributed by atoms with Gasteiger partial charge in [-0.05, 0) is 44.9 Å². The predicted octanol–water partition coefficient (Wildman–Crippen LogP) is 1.79. The fourth-order valence-electron chi connectivity index (χ4n) is 2.60. The number of hydrogen-bond acceptors (Lipinski definition) is 3. The molecule has 0 N–H and O–H groups in total. The van der Waals surface area contributed by atoms with Gasteiger partial charge in [-0.25, -0.2) is 4.79 Å². The Labute approximate surface area is 83.8 Å². The Bertz CT molecular complexity index is 251. The lowest BCUT2D eigenvalue weighted by molar-refractivity contribution is -0.150. The van der Waals surface area contributed by atoms with E-state index in [4.69, 9.17) is 9.47 Å². The van der Waals surface area contributed by atoms with Crippen LogP contribution in [-0.4, -0.2) is 23.8 Å². The molecule has 0 aromatic rings. The first kappa shape index (κ1) is 8.72. The zero-order chi connectivity index (χ0) is 9.60. The molecule has 0 radical (unpaired) electrons. The maximum atomic E-state index is 11.6. The van der Waals surface area contributed by atoms with Gasteiger partial charge in [0.25, 0.3) is 0 Å². The van der Waals surface area contributed by atoms with Crippen molar-refractivity contribution in [3.8, 4) is 0 Å². The van der Waals surface area contributed by atoms with E-state index in [2.05, 4.69) is 0 Å². The van der Waals surface area contributed by atoms with Crippen LogP contribution in [0.4, 0.5) is 0 Å². The summed E-state index contributed by atoms with van der Waals surface area (Å²) in [5.74, 6) is -0.100. The van der Waals surface area contributed by atoms with Gasteiger partial charge in [-0.2, -0.15) is 0 Å².